The number of aromatic nitrogens is 1. The van der Waals surface area contributed by atoms with Crippen LogP contribution in [0.25, 0.3) is 10.2 Å². The SMILES string of the molecule is CSCC[C@H](C(=O)Nc1nc2ccccc2s1)N1C(=O)c2ccccc2C1=O. The Hall–Kier alpha value is -2.71. The van der Waals surface area contributed by atoms with E-state index < -0.39 is 23.8 Å². The van der Waals surface area contributed by atoms with Crippen LogP contribution in [0.15, 0.2) is 48.5 Å². The normalized spacial score (nSPS) is 14.4. The molecule has 0 fully saturated rings. The van der Waals surface area contributed by atoms with Crippen LogP contribution < -0.4 is 5.32 Å². The molecule has 4 rings (SSSR count). The fraction of sp³-hybridized carbons (Fsp3) is 0.200. The molecular weight excluding hydrogens is 394 g/mol. The number of anilines is 1. The molecule has 1 aliphatic rings. The lowest BCUT2D eigenvalue weighted by Crippen LogP contribution is -2.47. The maximum absolute atomic E-state index is 13.0. The van der Waals surface area contributed by atoms with Gasteiger partial charge in [-0.15, -0.1) is 0 Å². The summed E-state index contributed by atoms with van der Waals surface area (Å²) in [6.07, 6.45) is 2.30. The first-order chi connectivity index (χ1) is 13.6. The number of hydrogen-bond acceptors (Lipinski definition) is 6. The average molecular weight is 412 g/mol. The number of fused-ring (bicyclic) bond motifs is 2. The van der Waals surface area contributed by atoms with Crippen molar-refractivity contribution >= 4 is 56.2 Å². The zero-order valence-electron chi connectivity index (χ0n) is 15.0. The number of carbonyl (C=O) groups excluding carboxylic acids is 3. The minimum Gasteiger partial charge on any atom is -0.300 e. The highest BCUT2D eigenvalue weighted by Gasteiger charge is 2.42. The molecule has 1 atom stereocenters. The van der Waals surface area contributed by atoms with Crippen molar-refractivity contribution < 1.29 is 14.4 Å². The summed E-state index contributed by atoms with van der Waals surface area (Å²) in [4.78, 5) is 44.2. The summed E-state index contributed by atoms with van der Waals surface area (Å²) in [7, 11) is 0. The molecule has 0 saturated carbocycles. The number of amides is 3. The Balaban J connectivity index is 1.61. The van der Waals surface area contributed by atoms with Crippen molar-refractivity contribution in [1.29, 1.82) is 0 Å². The van der Waals surface area contributed by atoms with E-state index in [9.17, 15) is 14.4 Å². The molecule has 6 nitrogen and oxygen atoms in total. The van der Waals surface area contributed by atoms with Gasteiger partial charge < -0.3 is 5.32 Å². The summed E-state index contributed by atoms with van der Waals surface area (Å²) in [5.41, 5.74) is 1.48. The minimum atomic E-state index is -0.883. The van der Waals surface area contributed by atoms with E-state index in [4.69, 9.17) is 0 Å². The Morgan fingerprint density at radius 1 is 1.11 bits per heavy atom. The molecule has 28 heavy (non-hydrogen) atoms. The summed E-state index contributed by atoms with van der Waals surface area (Å²) in [5, 5.41) is 3.25. The Morgan fingerprint density at radius 3 is 2.39 bits per heavy atom. The standard InChI is InChI=1S/C20H17N3O3S2/c1-27-11-10-15(23-18(25)12-6-2-3-7-13(12)19(23)26)17(24)22-20-21-14-8-4-5-9-16(14)28-20/h2-9,15H,10-11H2,1H3,(H,21,22,24)/t15-/m1/s1. The third-order valence-corrected chi connectivity index (χ3v) is 6.16. The molecule has 3 amide bonds. The van der Waals surface area contributed by atoms with E-state index in [2.05, 4.69) is 10.3 Å². The molecule has 2 aromatic carbocycles. The van der Waals surface area contributed by atoms with Crippen LogP contribution in [0.1, 0.15) is 27.1 Å². The van der Waals surface area contributed by atoms with Crippen molar-refractivity contribution in [2.24, 2.45) is 0 Å². The van der Waals surface area contributed by atoms with Gasteiger partial charge in [-0.1, -0.05) is 35.6 Å². The smallest absolute Gasteiger partial charge is 0.262 e. The second-order valence-electron chi connectivity index (χ2n) is 6.30. The lowest BCUT2D eigenvalue weighted by molar-refractivity contribution is -0.120. The lowest BCUT2D eigenvalue weighted by atomic mass is 10.1. The molecule has 0 aliphatic carbocycles. The van der Waals surface area contributed by atoms with Crippen LogP contribution in [0.4, 0.5) is 5.13 Å². The summed E-state index contributed by atoms with van der Waals surface area (Å²) < 4.78 is 0.958. The van der Waals surface area contributed by atoms with Gasteiger partial charge in [-0.05, 0) is 42.7 Å². The van der Waals surface area contributed by atoms with E-state index in [-0.39, 0.29) is 0 Å². The zero-order chi connectivity index (χ0) is 19.7. The Kier molecular flexibility index (Phi) is 5.15. The minimum absolute atomic E-state index is 0.342. The molecule has 3 aromatic rings. The number of para-hydroxylation sites is 1. The summed E-state index contributed by atoms with van der Waals surface area (Å²) >= 11 is 2.92. The van der Waals surface area contributed by atoms with Gasteiger partial charge >= 0.3 is 0 Å². The third-order valence-electron chi connectivity index (χ3n) is 4.56. The van der Waals surface area contributed by atoms with Crippen molar-refractivity contribution in [3.63, 3.8) is 0 Å². The van der Waals surface area contributed by atoms with Crippen LogP contribution in [-0.2, 0) is 4.79 Å². The first kappa shape index (κ1) is 18.6. The van der Waals surface area contributed by atoms with E-state index in [0.29, 0.717) is 28.4 Å². The fourth-order valence-electron chi connectivity index (χ4n) is 3.21. The van der Waals surface area contributed by atoms with Gasteiger partial charge in [0.2, 0.25) is 5.91 Å². The van der Waals surface area contributed by atoms with Crippen LogP contribution in [0.2, 0.25) is 0 Å². The number of imide groups is 1. The molecule has 2 heterocycles. The highest BCUT2D eigenvalue weighted by atomic mass is 32.2. The number of carbonyl (C=O) groups is 3. The maximum atomic E-state index is 13.0. The Bertz CT molecular complexity index is 1010. The van der Waals surface area contributed by atoms with Crippen LogP contribution in [-0.4, -0.2) is 45.7 Å². The van der Waals surface area contributed by atoms with Gasteiger partial charge in [0.05, 0.1) is 21.3 Å². The van der Waals surface area contributed by atoms with Gasteiger partial charge in [0.25, 0.3) is 11.8 Å². The predicted molar refractivity (Wildman–Crippen MR) is 112 cm³/mol. The molecule has 142 valence electrons. The quantitative estimate of drug-likeness (QED) is 0.627. The number of thioether (sulfide) groups is 1. The van der Waals surface area contributed by atoms with Gasteiger partial charge in [0.15, 0.2) is 5.13 Å². The first-order valence-corrected chi connectivity index (χ1v) is 10.9. The maximum Gasteiger partial charge on any atom is 0.262 e. The highest BCUT2D eigenvalue weighted by molar-refractivity contribution is 7.98. The van der Waals surface area contributed by atoms with Crippen LogP contribution in [0.3, 0.4) is 0 Å². The highest BCUT2D eigenvalue weighted by Crippen LogP contribution is 2.29. The third kappa shape index (κ3) is 3.29. The number of rotatable bonds is 6. The number of nitrogens with one attached hydrogen (secondary N) is 1. The zero-order valence-corrected chi connectivity index (χ0v) is 16.7. The van der Waals surface area contributed by atoms with E-state index in [1.54, 1.807) is 36.0 Å². The van der Waals surface area contributed by atoms with Gasteiger partial charge in [0, 0.05) is 0 Å². The molecule has 0 unspecified atom stereocenters. The van der Waals surface area contributed by atoms with Crippen molar-refractivity contribution in [3.8, 4) is 0 Å². The number of thiazole rings is 1. The second kappa shape index (κ2) is 7.73. The van der Waals surface area contributed by atoms with Gasteiger partial charge in [-0.25, -0.2) is 4.98 Å². The summed E-state index contributed by atoms with van der Waals surface area (Å²) in [5.74, 6) is -0.606. The molecule has 0 radical (unpaired) electrons. The summed E-state index contributed by atoms with van der Waals surface area (Å²) in [6.45, 7) is 0. The molecule has 1 N–H and O–H groups in total. The fourth-order valence-corrected chi connectivity index (χ4v) is 4.54. The van der Waals surface area contributed by atoms with Gasteiger partial charge in [0.1, 0.15) is 6.04 Å². The van der Waals surface area contributed by atoms with Crippen molar-refractivity contribution in [3.05, 3.63) is 59.7 Å². The molecule has 1 aliphatic heterocycles. The van der Waals surface area contributed by atoms with E-state index in [1.165, 1.54) is 11.3 Å². The topological polar surface area (TPSA) is 79.4 Å². The lowest BCUT2D eigenvalue weighted by Gasteiger charge is -2.24. The van der Waals surface area contributed by atoms with E-state index in [0.717, 1.165) is 15.1 Å². The van der Waals surface area contributed by atoms with E-state index in [1.807, 2.05) is 30.5 Å². The average Bonchev–Trinajstić information content (AvgIpc) is 3.22. The summed E-state index contributed by atoms with van der Waals surface area (Å²) in [6, 6.07) is 13.4. The van der Waals surface area contributed by atoms with Crippen molar-refractivity contribution in [2.45, 2.75) is 12.5 Å². The monoisotopic (exact) mass is 411 g/mol. The molecule has 0 saturated heterocycles. The molecule has 8 heteroatoms. The van der Waals surface area contributed by atoms with Crippen LogP contribution >= 0.6 is 23.1 Å². The van der Waals surface area contributed by atoms with Crippen LogP contribution in [0.5, 0.6) is 0 Å². The number of benzene rings is 2. The molecular formula is C20H17N3O3S2. The van der Waals surface area contributed by atoms with Crippen molar-refractivity contribution in [2.75, 3.05) is 17.3 Å². The van der Waals surface area contributed by atoms with Gasteiger partial charge in [-0.3, -0.25) is 19.3 Å². The van der Waals surface area contributed by atoms with Crippen LogP contribution in [0, 0.1) is 0 Å². The van der Waals surface area contributed by atoms with Gasteiger partial charge in [-0.2, -0.15) is 11.8 Å². The molecule has 0 spiro atoms. The first-order valence-electron chi connectivity index (χ1n) is 8.72. The molecule has 1 aromatic heterocycles. The second-order valence-corrected chi connectivity index (χ2v) is 8.32. The predicted octanol–water partition coefficient (Wildman–Crippen LogP) is 3.65. The van der Waals surface area contributed by atoms with Crippen molar-refractivity contribution in [1.82, 2.24) is 9.88 Å². The largest absolute Gasteiger partial charge is 0.300 e. The Morgan fingerprint density at radius 2 is 1.75 bits per heavy atom. The van der Waals surface area contributed by atoms with E-state index >= 15 is 0 Å². The number of nitrogens with zero attached hydrogens (tertiary/aromatic N) is 2. The Labute approximate surface area is 169 Å². The number of hydrogen-bond donors (Lipinski definition) is 1. The molecule has 0 bridgehead atoms.